The second kappa shape index (κ2) is 9.11. The number of aromatic nitrogens is 1. The van der Waals surface area contributed by atoms with Crippen LogP contribution in [0.15, 0.2) is 41.8 Å². The lowest BCUT2D eigenvalue weighted by molar-refractivity contribution is -0.128. The van der Waals surface area contributed by atoms with Crippen molar-refractivity contribution < 1.29 is 23.8 Å². The largest absolute Gasteiger partial charge is 0.493 e. The lowest BCUT2D eigenvalue weighted by Gasteiger charge is -2.36. The summed E-state index contributed by atoms with van der Waals surface area (Å²) in [5.74, 6) is 0.963. The maximum atomic E-state index is 13.2. The summed E-state index contributed by atoms with van der Waals surface area (Å²) < 4.78 is 16.4. The number of fused-ring (bicyclic) bond motifs is 1. The van der Waals surface area contributed by atoms with Gasteiger partial charge in [0.15, 0.2) is 17.6 Å². The summed E-state index contributed by atoms with van der Waals surface area (Å²) in [4.78, 5) is 32.3. The molecule has 2 heterocycles. The molecule has 0 aliphatic carbocycles. The third kappa shape index (κ3) is 4.36. The first-order valence-corrected chi connectivity index (χ1v) is 11.3. The van der Waals surface area contributed by atoms with Crippen LogP contribution in [0.4, 0.5) is 11.4 Å². The van der Waals surface area contributed by atoms with E-state index in [2.05, 4.69) is 10.3 Å². The van der Waals surface area contributed by atoms with E-state index in [4.69, 9.17) is 14.2 Å². The molecule has 0 saturated heterocycles. The van der Waals surface area contributed by atoms with E-state index in [1.807, 2.05) is 30.5 Å². The molecular formula is C24H25N3O5S. The van der Waals surface area contributed by atoms with Gasteiger partial charge in [-0.2, -0.15) is 0 Å². The Labute approximate surface area is 196 Å². The van der Waals surface area contributed by atoms with Gasteiger partial charge in [-0.1, -0.05) is 0 Å². The van der Waals surface area contributed by atoms with Crippen LogP contribution in [0.5, 0.6) is 17.2 Å². The standard InChI is InChI=1S/C24H25N3O5S/c1-13(23(28)26-17-7-9-21(30-4)22(11-17)31-5)27-19-10-16(18-12-33-15(3)25-18)6-8-20(19)32-14(2)24(27)29/h6-14H,1-5H3,(H,26,28). The molecule has 3 aromatic rings. The number of nitrogens with zero attached hydrogens (tertiary/aromatic N) is 2. The Bertz CT molecular complexity index is 1210. The van der Waals surface area contributed by atoms with E-state index < -0.39 is 12.1 Å². The zero-order valence-corrected chi connectivity index (χ0v) is 19.9. The molecule has 1 aromatic heterocycles. The van der Waals surface area contributed by atoms with Gasteiger partial charge in [-0.25, -0.2) is 4.98 Å². The first kappa shape index (κ1) is 22.6. The molecule has 2 atom stereocenters. The maximum Gasteiger partial charge on any atom is 0.268 e. The highest BCUT2D eigenvalue weighted by Gasteiger charge is 2.37. The van der Waals surface area contributed by atoms with Crippen LogP contribution in [-0.4, -0.2) is 43.2 Å². The molecule has 33 heavy (non-hydrogen) atoms. The van der Waals surface area contributed by atoms with Crippen molar-refractivity contribution in [3.05, 3.63) is 46.8 Å². The zero-order chi connectivity index (χ0) is 23.7. The normalized spacial score (nSPS) is 16.0. The van der Waals surface area contributed by atoms with Crippen molar-refractivity contribution in [3.63, 3.8) is 0 Å². The molecule has 2 unspecified atom stereocenters. The number of anilines is 2. The number of amides is 2. The van der Waals surface area contributed by atoms with Crippen molar-refractivity contribution in [3.8, 4) is 28.5 Å². The maximum absolute atomic E-state index is 13.2. The molecule has 9 heteroatoms. The van der Waals surface area contributed by atoms with Crippen molar-refractivity contribution in [2.75, 3.05) is 24.4 Å². The summed E-state index contributed by atoms with van der Waals surface area (Å²) in [5, 5.41) is 5.77. The Morgan fingerprint density at radius 2 is 1.94 bits per heavy atom. The average Bonchev–Trinajstić information content (AvgIpc) is 3.25. The van der Waals surface area contributed by atoms with Gasteiger partial charge in [-0.15, -0.1) is 11.3 Å². The van der Waals surface area contributed by atoms with E-state index in [0.717, 1.165) is 16.3 Å². The van der Waals surface area contributed by atoms with Crippen LogP contribution in [-0.2, 0) is 9.59 Å². The number of ether oxygens (including phenoxy) is 3. The average molecular weight is 468 g/mol. The molecule has 2 amide bonds. The predicted octanol–water partition coefficient (Wildman–Crippen LogP) is 4.28. The first-order chi connectivity index (χ1) is 15.8. The van der Waals surface area contributed by atoms with Gasteiger partial charge in [-0.05, 0) is 51.1 Å². The second-order valence-corrected chi connectivity index (χ2v) is 8.70. The van der Waals surface area contributed by atoms with Gasteiger partial charge in [-0.3, -0.25) is 14.5 Å². The summed E-state index contributed by atoms with van der Waals surface area (Å²) in [6.45, 7) is 5.30. The van der Waals surface area contributed by atoms with E-state index in [1.54, 1.807) is 50.5 Å². The Morgan fingerprint density at radius 3 is 2.61 bits per heavy atom. The lowest BCUT2D eigenvalue weighted by Crippen LogP contribution is -2.52. The summed E-state index contributed by atoms with van der Waals surface area (Å²) in [7, 11) is 3.07. The van der Waals surface area contributed by atoms with E-state index >= 15 is 0 Å². The highest BCUT2D eigenvalue weighted by atomic mass is 32.1. The fourth-order valence-electron chi connectivity index (χ4n) is 3.69. The fraction of sp³-hybridized carbons (Fsp3) is 0.292. The van der Waals surface area contributed by atoms with Gasteiger partial charge in [0.2, 0.25) is 5.91 Å². The monoisotopic (exact) mass is 467 g/mol. The van der Waals surface area contributed by atoms with Crippen LogP contribution in [0.2, 0.25) is 0 Å². The zero-order valence-electron chi connectivity index (χ0n) is 19.0. The van der Waals surface area contributed by atoms with Crippen LogP contribution < -0.4 is 24.4 Å². The van der Waals surface area contributed by atoms with Crippen molar-refractivity contribution in [1.82, 2.24) is 4.98 Å². The number of hydrogen-bond acceptors (Lipinski definition) is 7. The number of aryl methyl sites for hydroxylation is 1. The number of benzene rings is 2. The van der Waals surface area contributed by atoms with Gasteiger partial charge in [0.25, 0.3) is 5.91 Å². The van der Waals surface area contributed by atoms with Gasteiger partial charge < -0.3 is 19.5 Å². The van der Waals surface area contributed by atoms with Crippen LogP contribution in [0.3, 0.4) is 0 Å². The van der Waals surface area contributed by atoms with Crippen molar-refractivity contribution in [2.45, 2.75) is 32.9 Å². The minimum atomic E-state index is -0.789. The SMILES string of the molecule is COc1ccc(NC(=O)C(C)N2C(=O)C(C)Oc3ccc(-c4csc(C)n4)cc32)cc1OC. The molecule has 0 saturated carbocycles. The van der Waals surface area contributed by atoms with Crippen molar-refractivity contribution in [1.29, 1.82) is 0 Å². The number of carbonyl (C=O) groups excluding carboxylic acids is 2. The molecule has 0 fully saturated rings. The van der Waals surface area contributed by atoms with Crippen LogP contribution in [0, 0.1) is 6.92 Å². The minimum absolute atomic E-state index is 0.288. The number of rotatable bonds is 6. The predicted molar refractivity (Wildman–Crippen MR) is 128 cm³/mol. The lowest BCUT2D eigenvalue weighted by atomic mass is 10.1. The summed E-state index contributed by atoms with van der Waals surface area (Å²) >= 11 is 1.55. The number of methoxy groups -OCH3 is 2. The molecule has 1 aliphatic heterocycles. The smallest absolute Gasteiger partial charge is 0.268 e. The van der Waals surface area contributed by atoms with Gasteiger partial charge >= 0.3 is 0 Å². The third-order valence-corrected chi connectivity index (χ3v) is 6.21. The topological polar surface area (TPSA) is 90.0 Å². The molecular weight excluding hydrogens is 442 g/mol. The molecule has 1 N–H and O–H groups in total. The van der Waals surface area contributed by atoms with Crippen LogP contribution in [0.1, 0.15) is 18.9 Å². The molecule has 0 bridgehead atoms. The Balaban J connectivity index is 1.65. The van der Waals surface area contributed by atoms with E-state index in [0.29, 0.717) is 28.6 Å². The van der Waals surface area contributed by atoms with E-state index in [9.17, 15) is 9.59 Å². The minimum Gasteiger partial charge on any atom is -0.493 e. The number of thiazole rings is 1. The highest BCUT2D eigenvalue weighted by molar-refractivity contribution is 7.09. The van der Waals surface area contributed by atoms with Crippen molar-refractivity contribution >= 4 is 34.5 Å². The second-order valence-electron chi connectivity index (χ2n) is 7.64. The molecule has 8 nitrogen and oxygen atoms in total. The fourth-order valence-corrected chi connectivity index (χ4v) is 4.32. The Morgan fingerprint density at radius 1 is 1.18 bits per heavy atom. The highest BCUT2D eigenvalue weighted by Crippen LogP contribution is 2.39. The van der Waals surface area contributed by atoms with Crippen molar-refractivity contribution in [2.24, 2.45) is 0 Å². The summed E-state index contributed by atoms with van der Waals surface area (Å²) in [6, 6.07) is 9.86. The number of carbonyl (C=O) groups is 2. The third-order valence-electron chi connectivity index (χ3n) is 5.44. The van der Waals surface area contributed by atoms with Gasteiger partial charge in [0.05, 0.1) is 30.6 Å². The van der Waals surface area contributed by atoms with Crippen LogP contribution >= 0.6 is 11.3 Å². The Hall–Kier alpha value is -3.59. The Kier molecular flexibility index (Phi) is 6.24. The molecule has 0 radical (unpaired) electrons. The summed E-state index contributed by atoms with van der Waals surface area (Å²) in [5.41, 5.74) is 2.73. The molecule has 4 rings (SSSR count). The summed E-state index contributed by atoms with van der Waals surface area (Å²) in [6.07, 6.45) is -0.707. The van der Waals surface area contributed by atoms with Gasteiger partial charge in [0, 0.05) is 22.7 Å². The van der Waals surface area contributed by atoms with E-state index in [1.165, 1.54) is 12.0 Å². The quantitative estimate of drug-likeness (QED) is 0.582. The molecule has 172 valence electrons. The van der Waals surface area contributed by atoms with Gasteiger partial charge in [0.1, 0.15) is 11.8 Å². The molecule has 0 spiro atoms. The van der Waals surface area contributed by atoms with E-state index in [-0.39, 0.29) is 11.8 Å². The first-order valence-electron chi connectivity index (χ1n) is 10.4. The number of nitrogens with one attached hydrogen (secondary N) is 1. The number of hydrogen-bond donors (Lipinski definition) is 1. The molecule has 2 aromatic carbocycles. The molecule has 1 aliphatic rings. The van der Waals surface area contributed by atoms with Crippen LogP contribution in [0.25, 0.3) is 11.3 Å².